The van der Waals surface area contributed by atoms with Crippen molar-refractivity contribution >= 4 is 5.97 Å². The molecule has 90 valence electrons. The summed E-state index contributed by atoms with van der Waals surface area (Å²) in [5.74, 6) is -0.151. The molecule has 0 spiro atoms. The van der Waals surface area contributed by atoms with E-state index >= 15 is 0 Å². The summed E-state index contributed by atoms with van der Waals surface area (Å²) in [5, 5.41) is 0. The van der Waals surface area contributed by atoms with Crippen LogP contribution in [-0.2, 0) is 14.3 Å². The molecule has 0 fully saturated rings. The molecule has 15 heavy (non-hydrogen) atoms. The number of carbonyl (C=O) groups is 1. The molecule has 0 rings (SSSR count). The molecular formula is C12H24O3. The Balaban J connectivity index is 3.72. The zero-order chi connectivity index (χ0) is 12.1. The molecule has 0 heterocycles. The van der Waals surface area contributed by atoms with Gasteiger partial charge in [0, 0.05) is 6.42 Å². The smallest absolute Gasteiger partial charge is 0.306 e. The van der Waals surface area contributed by atoms with Crippen molar-refractivity contribution in [3.05, 3.63) is 0 Å². The molecule has 0 aromatic carbocycles. The van der Waals surface area contributed by atoms with Crippen molar-refractivity contribution in [3.63, 3.8) is 0 Å². The normalized spacial score (nSPS) is 14.1. The van der Waals surface area contributed by atoms with E-state index in [0.29, 0.717) is 12.8 Å². The van der Waals surface area contributed by atoms with Crippen LogP contribution in [0.25, 0.3) is 0 Å². The van der Waals surface area contributed by atoms with Crippen LogP contribution in [-0.4, -0.2) is 23.8 Å². The lowest BCUT2D eigenvalue weighted by molar-refractivity contribution is -0.155. The highest BCUT2D eigenvalue weighted by Gasteiger charge is 2.17. The number of hydrogen-bond donors (Lipinski definition) is 0. The maximum atomic E-state index is 11.4. The SMILES string of the molecule is CC(C)O[C@@H](C)CCC(=O)OC(C)(C)C. The van der Waals surface area contributed by atoms with Gasteiger partial charge in [-0.3, -0.25) is 4.79 Å². The Labute approximate surface area is 93.1 Å². The van der Waals surface area contributed by atoms with Gasteiger partial charge in [0.15, 0.2) is 0 Å². The largest absolute Gasteiger partial charge is 0.460 e. The van der Waals surface area contributed by atoms with Crippen LogP contribution in [0.5, 0.6) is 0 Å². The Bertz CT molecular complexity index is 192. The summed E-state index contributed by atoms with van der Waals surface area (Å²) < 4.78 is 10.7. The van der Waals surface area contributed by atoms with E-state index in [0.717, 1.165) is 0 Å². The molecule has 0 aliphatic rings. The highest BCUT2D eigenvalue weighted by Crippen LogP contribution is 2.11. The van der Waals surface area contributed by atoms with Crippen molar-refractivity contribution in [1.29, 1.82) is 0 Å². The molecule has 0 aliphatic heterocycles. The van der Waals surface area contributed by atoms with Gasteiger partial charge in [0.1, 0.15) is 5.60 Å². The van der Waals surface area contributed by atoms with Crippen LogP contribution >= 0.6 is 0 Å². The van der Waals surface area contributed by atoms with Crippen molar-refractivity contribution in [2.24, 2.45) is 0 Å². The Morgan fingerprint density at radius 2 is 1.73 bits per heavy atom. The highest BCUT2D eigenvalue weighted by molar-refractivity contribution is 5.69. The number of esters is 1. The van der Waals surface area contributed by atoms with Gasteiger partial charge in [0.2, 0.25) is 0 Å². The molecule has 0 saturated carbocycles. The Hall–Kier alpha value is -0.570. The molecule has 0 saturated heterocycles. The first-order chi connectivity index (χ1) is 6.70. The molecule has 0 radical (unpaired) electrons. The summed E-state index contributed by atoms with van der Waals surface area (Å²) in [7, 11) is 0. The van der Waals surface area contributed by atoms with E-state index in [9.17, 15) is 4.79 Å². The molecular weight excluding hydrogens is 192 g/mol. The molecule has 0 aliphatic carbocycles. The second-order valence-electron chi connectivity index (χ2n) is 5.12. The van der Waals surface area contributed by atoms with Crippen LogP contribution in [0.3, 0.4) is 0 Å². The van der Waals surface area contributed by atoms with Gasteiger partial charge in [-0.25, -0.2) is 0 Å². The Morgan fingerprint density at radius 3 is 2.13 bits per heavy atom. The third kappa shape index (κ3) is 9.73. The average Bonchev–Trinajstić information content (AvgIpc) is 1.96. The van der Waals surface area contributed by atoms with Crippen LogP contribution in [0.4, 0.5) is 0 Å². The second-order valence-corrected chi connectivity index (χ2v) is 5.12. The zero-order valence-electron chi connectivity index (χ0n) is 10.8. The average molecular weight is 216 g/mol. The Kier molecular flexibility index (Phi) is 5.88. The molecule has 3 heteroatoms. The molecule has 0 bridgehead atoms. The minimum Gasteiger partial charge on any atom is -0.460 e. The van der Waals surface area contributed by atoms with Crippen molar-refractivity contribution < 1.29 is 14.3 Å². The predicted octanol–water partition coefficient (Wildman–Crippen LogP) is 2.92. The maximum Gasteiger partial charge on any atom is 0.306 e. The quantitative estimate of drug-likeness (QED) is 0.663. The van der Waals surface area contributed by atoms with E-state index < -0.39 is 0 Å². The summed E-state index contributed by atoms with van der Waals surface area (Å²) in [4.78, 5) is 11.4. The monoisotopic (exact) mass is 216 g/mol. The van der Waals surface area contributed by atoms with Crippen molar-refractivity contribution in [1.82, 2.24) is 0 Å². The molecule has 0 amide bonds. The second kappa shape index (κ2) is 6.11. The minimum absolute atomic E-state index is 0.109. The highest BCUT2D eigenvalue weighted by atomic mass is 16.6. The van der Waals surface area contributed by atoms with Gasteiger partial charge < -0.3 is 9.47 Å². The fourth-order valence-electron chi connectivity index (χ4n) is 1.25. The third-order valence-electron chi connectivity index (χ3n) is 1.68. The van der Waals surface area contributed by atoms with Gasteiger partial charge in [-0.1, -0.05) is 0 Å². The lowest BCUT2D eigenvalue weighted by Crippen LogP contribution is -2.25. The van der Waals surface area contributed by atoms with Gasteiger partial charge in [0.25, 0.3) is 0 Å². The van der Waals surface area contributed by atoms with Gasteiger partial charge >= 0.3 is 5.97 Å². The Morgan fingerprint density at radius 1 is 1.20 bits per heavy atom. The lowest BCUT2D eigenvalue weighted by atomic mass is 10.2. The van der Waals surface area contributed by atoms with Gasteiger partial charge in [0.05, 0.1) is 12.2 Å². The van der Waals surface area contributed by atoms with E-state index in [4.69, 9.17) is 9.47 Å². The molecule has 0 aromatic rings. The van der Waals surface area contributed by atoms with E-state index in [1.807, 2.05) is 41.5 Å². The topological polar surface area (TPSA) is 35.5 Å². The molecule has 3 nitrogen and oxygen atoms in total. The number of rotatable bonds is 5. The van der Waals surface area contributed by atoms with E-state index in [1.54, 1.807) is 0 Å². The van der Waals surface area contributed by atoms with Gasteiger partial charge in [-0.2, -0.15) is 0 Å². The zero-order valence-corrected chi connectivity index (χ0v) is 10.8. The number of carbonyl (C=O) groups excluding carboxylic acids is 1. The van der Waals surface area contributed by atoms with Crippen LogP contribution in [0.15, 0.2) is 0 Å². The van der Waals surface area contributed by atoms with E-state index in [-0.39, 0.29) is 23.8 Å². The number of ether oxygens (including phenoxy) is 2. The fraction of sp³-hybridized carbons (Fsp3) is 0.917. The third-order valence-corrected chi connectivity index (χ3v) is 1.68. The molecule has 0 N–H and O–H groups in total. The van der Waals surface area contributed by atoms with Crippen molar-refractivity contribution in [2.75, 3.05) is 0 Å². The van der Waals surface area contributed by atoms with Crippen molar-refractivity contribution in [2.45, 2.75) is 72.2 Å². The van der Waals surface area contributed by atoms with Crippen LogP contribution in [0, 0.1) is 0 Å². The van der Waals surface area contributed by atoms with Crippen molar-refractivity contribution in [3.8, 4) is 0 Å². The summed E-state index contributed by atoms with van der Waals surface area (Å²) in [6, 6.07) is 0. The molecule has 0 unspecified atom stereocenters. The van der Waals surface area contributed by atoms with Crippen LogP contribution in [0.1, 0.15) is 54.4 Å². The van der Waals surface area contributed by atoms with Gasteiger partial charge in [-0.05, 0) is 48.0 Å². The summed E-state index contributed by atoms with van der Waals surface area (Å²) in [6.07, 6.45) is 1.45. The minimum atomic E-state index is -0.390. The fourth-order valence-corrected chi connectivity index (χ4v) is 1.25. The first kappa shape index (κ1) is 14.4. The summed E-state index contributed by atoms with van der Waals surface area (Å²) in [6.45, 7) is 11.6. The number of hydrogen-bond acceptors (Lipinski definition) is 3. The van der Waals surface area contributed by atoms with Crippen LogP contribution < -0.4 is 0 Å². The lowest BCUT2D eigenvalue weighted by Gasteiger charge is -2.20. The molecule has 1 atom stereocenters. The first-order valence-electron chi connectivity index (χ1n) is 5.58. The summed E-state index contributed by atoms with van der Waals surface area (Å²) >= 11 is 0. The van der Waals surface area contributed by atoms with Gasteiger partial charge in [-0.15, -0.1) is 0 Å². The summed E-state index contributed by atoms with van der Waals surface area (Å²) in [5.41, 5.74) is -0.390. The standard InChI is InChI=1S/C12H24O3/c1-9(2)14-10(3)7-8-11(13)15-12(4,5)6/h9-10H,7-8H2,1-6H3/t10-/m0/s1. The predicted molar refractivity (Wildman–Crippen MR) is 60.8 cm³/mol. The first-order valence-corrected chi connectivity index (χ1v) is 5.58. The van der Waals surface area contributed by atoms with E-state index in [2.05, 4.69) is 0 Å². The maximum absolute atomic E-state index is 11.4. The molecule has 0 aromatic heterocycles. The van der Waals surface area contributed by atoms with Crippen LogP contribution in [0.2, 0.25) is 0 Å². The van der Waals surface area contributed by atoms with E-state index in [1.165, 1.54) is 0 Å².